The Labute approximate surface area is 151 Å². The first kappa shape index (κ1) is 18.3. The lowest BCUT2D eigenvalue weighted by atomic mass is 10.1. The smallest absolute Gasteiger partial charge is 0.270 e. The number of sulfone groups is 1. The van der Waals surface area contributed by atoms with Crippen molar-refractivity contribution >= 4 is 21.4 Å². The first-order valence-corrected chi connectivity index (χ1v) is 10.2. The predicted octanol–water partition coefficient (Wildman–Crippen LogP) is 1.79. The molecule has 2 N–H and O–H groups in total. The molecule has 1 unspecified atom stereocenters. The van der Waals surface area contributed by atoms with Crippen molar-refractivity contribution in [2.24, 2.45) is 0 Å². The maximum Gasteiger partial charge on any atom is 0.270 e. The van der Waals surface area contributed by atoms with E-state index < -0.39 is 9.84 Å². The Morgan fingerprint density at radius 3 is 2.69 bits per heavy atom. The van der Waals surface area contributed by atoms with Crippen molar-refractivity contribution in [3.8, 4) is 0 Å². The molecule has 1 aromatic carbocycles. The number of anilines is 1. The summed E-state index contributed by atoms with van der Waals surface area (Å²) < 4.78 is 35.8. The molecule has 2 aromatic rings. The fourth-order valence-electron chi connectivity index (χ4n) is 2.84. The van der Waals surface area contributed by atoms with E-state index in [0.717, 1.165) is 11.3 Å². The topological polar surface area (TPSA) is 88.2 Å². The third-order valence-corrected chi connectivity index (χ3v) is 5.98. The van der Waals surface area contributed by atoms with E-state index in [0.29, 0.717) is 19.4 Å². The van der Waals surface area contributed by atoms with Gasteiger partial charge in [0.25, 0.3) is 5.91 Å². The zero-order valence-electron chi connectivity index (χ0n) is 14.1. The van der Waals surface area contributed by atoms with Gasteiger partial charge < -0.3 is 10.6 Å². The lowest BCUT2D eigenvalue weighted by Gasteiger charge is -2.11. The molecule has 0 aliphatic carbocycles. The lowest BCUT2D eigenvalue weighted by Crippen LogP contribution is -2.36. The van der Waals surface area contributed by atoms with Crippen LogP contribution in [0.5, 0.6) is 0 Å². The number of nitrogens with one attached hydrogen (secondary N) is 2. The summed E-state index contributed by atoms with van der Waals surface area (Å²) in [4.78, 5) is 16.3. The highest BCUT2D eigenvalue weighted by Gasteiger charge is 2.29. The zero-order valence-corrected chi connectivity index (χ0v) is 14.9. The molecule has 0 radical (unpaired) electrons. The molecule has 1 atom stereocenters. The Kier molecular flexibility index (Phi) is 5.51. The van der Waals surface area contributed by atoms with Gasteiger partial charge in [-0.3, -0.25) is 9.78 Å². The second-order valence-corrected chi connectivity index (χ2v) is 8.54. The molecule has 1 aliphatic rings. The number of aromatic nitrogens is 1. The van der Waals surface area contributed by atoms with E-state index in [2.05, 4.69) is 15.6 Å². The van der Waals surface area contributed by atoms with Crippen LogP contribution >= 0.6 is 0 Å². The summed E-state index contributed by atoms with van der Waals surface area (Å²) in [7, 11) is -3.04. The molecule has 8 heteroatoms. The van der Waals surface area contributed by atoms with Crippen LogP contribution in [0.1, 0.15) is 22.5 Å². The summed E-state index contributed by atoms with van der Waals surface area (Å²) in [6.45, 7) is 0.623. The van der Waals surface area contributed by atoms with Crippen molar-refractivity contribution in [3.63, 3.8) is 0 Å². The van der Waals surface area contributed by atoms with Crippen molar-refractivity contribution in [2.45, 2.75) is 18.9 Å². The number of benzene rings is 1. The van der Waals surface area contributed by atoms with Gasteiger partial charge in [-0.1, -0.05) is 12.1 Å². The zero-order chi connectivity index (χ0) is 18.6. The molecule has 26 heavy (non-hydrogen) atoms. The van der Waals surface area contributed by atoms with E-state index in [9.17, 15) is 17.6 Å². The van der Waals surface area contributed by atoms with Crippen LogP contribution in [0.15, 0.2) is 42.6 Å². The van der Waals surface area contributed by atoms with Crippen LogP contribution in [-0.2, 0) is 16.3 Å². The van der Waals surface area contributed by atoms with Gasteiger partial charge in [-0.15, -0.1) is 0 Å². The quantitative estimate of drug-likeness (QED) is 0.801. The normalized spacial score (nSPS) is 18.4. The molecule has 1 aromatic heterocycles. The van der Waals surface area contributed by atoms with Crippen molar-refractivity contribution in [3.05, 3.63) is 59.7 Å². The van der Waals surface area contributed by atoms with Gasteiger partial charge in [0, 0.05) is 24.5 Å². The third-order valence-electron chi connectivity index (χ3n) is 4.22. The maximum atomic E-state index is 12.9. The van der Waals surface area contributed by atoms with Gasteiger partial charge >= 0.3 is 0 Å². The van der Waals surface area contributed by atoms with Crippen molar-refractivity contribution < 1.29 is 17.6 Å². The van der Waals surface area contributed by atoms with Gasteiger partial charge in [0.05, 0.1) is 11.5 Å². The van der Waals surface area contributed by atoms with Gasteiger partial charge in [-0.25, -0.2) is 12.8 Å². The van der Waals surface area contributed by atoms with Crippen LogP contribution < -0.4 is 10.6 Å². The summed E-state index contributed by atoms with van der Waals surface area (Å²) in [5, 5.41) is 5.92. The van der Waals surface area contributed by atoms with E-state index in [4.69, 9.17) is 0 Å². The third kappa shape index (κ3) is 5.01. The first-order chi connectivity index (χ1) is 12.4. The largest absolute Gasteiger partial charge is 0.385 e. The Hall–Kier alpha value is -2.48. The summed E-state index contributed by atoms with van der Waals surface area (Å²) in [6, 6.07) is 9.34. The predicted molar refractivity (Wildman–Crippen MR) is 97.4 cm³/mol. The number of hydrogen-bond donors (Lipinski definition) is 2. The highest BCUT2D eigenvalue weighted by Crippen LogP contribution is 2.13. The molecule has 1 saturated heterocycles. The Morgan fingerprint density at radius 2 is 2.00 bits per heavy atom. The molecular formula is C18H20FN3O3S. The fraction of sp³-hybridized carbons (Fsp3) is 0.333. The van der Waals surface area contributed by atoms with Crippen molar-refractivity contribution in [1.82, 2.24) is 10.3 Å². The summed E-state index contributed by atoms with van der Waals surface area (Å²) >= 11 is 0. The summed E-state index contributed by atoms with van der Waals surface area (Å²) in [5.74, 6) is -0.555. The fourth-order valence-corrected chi connectivity index (χ4v) is 4.51. The molecule has 0 bridgehead atoms. The first-order valence-electron chi connectivity index (χ1n) is 8.37. The Balaban J connectivity index is 1.54. The van der Waals surface area contributed by atoms with Crippen LogP contribution in [0.4, 0.5) is 10.1 Å². The van der Waals surface area contributed by atoms with Crippen LogP contribution in [0.3, 0.4) is 0 Å². The molecule has 1 aliphatic heterocycles. The van der Waals surface area contributed by atoms with Crippen LogP contribution in [-0.4, -0.2) is 43.4 Å². The molecule has 0 saturated carbocycles. The Morgan fingerprint density at radius 1 is 1.23 bits per heavy atom. The average Bonchev–Trinajstić information content (AvgIpc) is 2.95. The van der Waals surface area contributed by atoms with Gasteiger partial charge in [-0.2, -0.15) is 0 Å². The second-order valence-electron chi connectivity index (χ2n) is 6.31. The minimum absolute atomic E-state index is 0.0195. The number of nitrogens with zero attached hydrogens (tertiary/aromatic N) is 1. The number of carbonyl (C=O) groups is 1. The highest BCUT2D eigenvalue weighted by atomic mass is 32.2. The number of pyridine rings is 1. The molecule has 6 nitrogen and oxygen atoms in total. The number of amides is 1. The van der Waals surface area contributed by atoms with Gasteiger partial charge in [0.2, 0.25) is 0 Å². The molecule has 3 rings (SSSR count). The van der Waals surface area contributed by atoms with E-state index in [-0.39, 0.29) is 35.0 Å². The summed E-state index contributed by atoms with van der Waals surface area (Å²) in [5.41, 5.74) is 1.99. The number of halogens is 1. The van der Waals surface area contributed by atoms with Gasteiger partial charge in [0.1, 0.15) is 11.5 Å². The minimum atomic E-state index is -3.04. The maximum absolute atomic E-state index is 12.9. The molecule has 1 amide bonds. The van der Waals surface area contributed by atoms with Gasteiger partial charge in [0.15, 0.2) is 9.84 Å². The van der Waals surface area contributed by atoms with Crippen LogP contribution in [0.25, 0.3) is 0 Å². The SMILES string of the molecule is O=C(NC1CCS(=O)(=O)C1)c1cc(NCCc2ccc(F)cc2)ccn1. The van der Waals surface area contributed by atoms with Crippen LogP contribution in [0, 0.1) is 5.82 Å². The van der Waals surface area contributed by atoms with E-state index >= 15 is 0 Å². The van der Waals surface area contributed by atoms with Gasteiger partial charge in [-0.05, 0) is 42.7 Å². The van der Waals surface area contributed by atoms with E-state index in [1.165, 1.54) is 18.3 Å². The van der Waals surface area contributed by atoms with Crippen molar-refractivity contribution in [1.29, 1.82) is 0 Å². The monoisotopic (exact) mass is 377 g/mol. The number of hydrogen-bond acceptors (Lipinski definition) is 5. The standard InChI is InChI=1S/C18H20FN3O3S/c19-14-3-1-13(2-4-14)5-8-20-15-6-9-21-17(11-15)18(23)22-16-7-10-26(24,25)12-16/h1-4,6,9,11,16H,5,7-8,10,12H2,(H,20,21)(H,22,23). The second kappa shape index (κ2) is 7.82. The Bertz CT molecular complexity index is 885. The molecule has 2 heterocycles. The molecule has 1 fully saturated rings. The van der Waals surface area contributed by atoms with Crippen LogP contribution in [0.2, 0.25) is 0 Å². The number of rotatable bonds is 6. The van der Waals surface area contributed by atoms with E-state index in [1.807, 2.05) is 0 Å². The number of carbonyl (C=O) groups excluding carboxylic acids is 1. The highest BCUT2D eigenvalue weighted by molar-refractivity contribution is 7.91. The average molecular weight is 377 g/mol. The molecule has 138 valence electrons. The molecular weight excluding hydrogens is 357 g/mol. The minimum Gasteiger partial charge on any atom is -0.385 e. The van der Waals surface area contributed by atoms with E-state index in [1.54, 1.807) is 24.3 Å². The van der Waals surface area contributed by atoms with Crippen molar-refractivity contribution in [2.75, 3.05) is 23.4 Å². The lowest BCUT2D eigenvalue weighted by molar-refractivity contribution is 0.0936. The summed E-state index contributed by atoms with van der Waals surface area (Å²) in [6.07, 6.45) is 2.67. The molecule has 0 spiro atoms.